The van der Waals surface area contributed by atoms with Crippen molar-refractivity contribution in [3.63, 3.8) is 0 Å². The largest absolute Gasteiger partial charge is 0.347 e. The van der Waals surface area contributed by atoms with E-state index in [1.165, 1.54) is 0 Å². The van der Waals surface area contributed by atoms with Crippen LogP contribution >= 0.6 is 0 Å². The molecule has 0 radical (unpaired) electrons. The van der Waals surface area contributed by atoms with Gasteiger partial charge >= 0.3 is 0 Å². The van der Waals surface area contributed by atoms with Crippen LogP contribution in [0.2, 0.25) is 0 Å². The number of nitrogen functional groups attached to an aromatic ring is 1. The summed E-state index contributed by atoms with van der Waals surface area (Å²) >= 11 is 0. The van der Waals surface area contributed by atoms with Gasteiger partial charge in [0.15, 0.2) is 0 Å². The highest BCUT2D eigenvalue weighted by Crippen LogP contribution is 2.23. The first-order valence-corrected chi connectivity index (χ1v) is 6.66. The molecule has 0 aliphatic heterocycles. The summed E-state index contributed by atoms with van der Waals surface area (Å²) in [7, 11) is 0. The number of carbonyl (C=O) groups is 1. The molecular weight excluding hydrogens is 268 g/mol. The number of H-pyrrole nitrogens is 1. The minimum Gasteiger partial charge on any atom is -0.347 e. The van der Waals surface area contributed by atoms with Gasteiger partial charge in [-0.15, -0.1) is 0 Å². The average Bonchev–Trinajstić information content (AvgIpc) is 2.96. The number of amides is 1. The van der Waals surface area contributed by atoms with Crippen molar-refractivity contribution in [1.29, 1.82) is 0 Å². The van der Waals surface area contributed by atoms with E-state index in [1.54, 1.807) is 24.5 Å². The summed E-state index contributed by atoms with van der Waals surface area (Å²) in [6.45, 7) is 6.42. The van der Waals surface area contributed by atoms with Gasteiger partial charge in [-0.25, -0.2) is 15.8 Å². The predicted octanol–water partition coefficient (Wildman–Crippen LogP) is 1.32. The number of nitrogens with zero attached hydrogens (tertiary/aromatic N) is 2. The Morgan fingerprint density at radius 1 is 1.38 bits per heavy atom. The third-order valence-corrected chi connectivity index (χ3v) is 2.98. The second kappa shape index (κ2) is 5.92. The zero-order chi connectivity index (χ0) is 15.5. The number of imidazole rings is 1. The summed E-state index contributed by atoms with van der Waals surface area (Å²) in [6.07, 6.45) is 3.35. The molecule has 0 bridgehead atoms. The number of anilines is 1. The Labute approximate surface area is 123 Å². The smallest absolute Gasteiger partial charge is 0.251 e. The third kappa shape index (κ3) is 3.79. The molecule has 2 aromatic heterocycles. The molecule has 0 unspecified atom stereocenters. The number of hydrogen-bond donors (Lipinski definition) is 4. The fraction of sp³-hybridized carbons (Fsp3) is 0.357. The normalized spacial score (nSPS) is 11.2. The monoisotopic (exact) mass is 288 g/mol. The molecule has 5 N–H and O–H groups in total. The minimum atomic E-state index is -0.198. The molecule has 2 rings (SSSR count). The van der Waals surface area contributed by atoms with Crippen molar-refractivity contribution in [2.45, 2.75) is 32.7 Å². The molecule has 0 spiro atoms. The van der Waals surface area contributed by atoms with E-state index in [0.717, 1.165) is 5.69 Å². The number of carbonyl (C=O) groups excluding carboxylic acids is 1. The summed E-state index contributed by atoms with van der Waals surface area (Å²) in [6, 6.07) is 3.39. The Bertz CT molecular complexity index is 615. The highest BCUT2D eigenvalue weighted by molar-refractivity contribution is 5.95. The van der Waals surface area contributed by atoms with E-state index in [4.69, 9.17) is 5.84 Å². The van der Waals surface area contributed by atoms with Crippen molar-refractivity contribution < 1.29 is 4.79 Å². The molecule has 0 aliphatic carbocycles. The zero-order valence-corrected chi connectivity index (χ0v) is 12.4. The molecule has 7 nitrogen and oxygen atoms in total. The van der Waals surface area contributed by atoms with E-state index in [9.17, 15) is 4.79 Å². The number of aromatic amines is 1. The lowest BCUT2D eigenvalue weighted by molar-refractivity contribution is 0.0949. The fourth-order valence-electron chi connectivity index (χ4n) is 1.78. The number of nitrogens with one attached hydrogen (secondary N) is 3. The van der Waals surface area contributed by atoms with Crippen LogP contribution in [-0.4, -0.2) is 20.9 Å². The molecule has 0 saturated carbocycles. The second-order valence-electron chi connectivity index (χ2n) is 5.74. The van der Waals surface area contributed by atoms with Gasteiger partial charge < -0.3 is 15.7 Å². The van der Waals surface area contributed by atoms with Crippen LogP contribution in [0.4, 0.5) is 5.82 Å². The molecule has 0 aliphatic rings. The Balaban J connectivity index is 2.19. The summed E-state index contributed by atoms with van der Waals surface area (Å²) in [4.78, 5) is 23.6. The highest BCUT2D eigenvalue weighted by Gasteiger charge is 2.19. The third-order valence-electron chi connectivity index (χ3n) is 2.98. The molecule has 0 atom stereocenters. The number of hydrogen-bond acceptors (Lipinski definition) is 5. The topological polar surface area (TPSA) is 109 Å². The van der Waals surface area contributed by atoms with Gasteiger partial charge in [0.1, 0.15) is 11.6 Å². The first-order valence-electron chi connectivity index (χ1n) is 6.66. The van der Waals surface area contributed by atoms with Gasteiger partial charge in [0.05, 0.1) is 6.54 Å². The van der Waals surface area contributed by atoms with Crippen LogP contribution in [0.25, 0.3) is 0 Å². The van der Waals surface area contributed by atoms with E-state index in [2.05, 4.69) is 25.7 Å². The standard InChI is InChI=1S/C14H20N6O/c1-14(2,3)10-6-9(7-11(19-10)20-15)13(21)18-8-12-16-4-5-17-12/h4-7H,8,15H2,1-3H3,(H,16,17)(H,18,21)(H,19,20). The Hall–Kier alpha value is -2.41. The van der Waals surface area contributed by atoms with Crippen molar-refractivity contribution in [3.05, 3.63) is 41.6 Å². The average molecular weight is 288 g/mol. The van der Waals surface area contributed by atoms with E-state index >= 15 is 0 Å². The summed E-state index contributed by atoms with van der Waals surface area (Å²) in [5.74, 6) is 6.39. The van der Waals surface area contributed by atoms with Crippen LogP contribution in [0.3, 0.4) is 0 Å². The minimum absolute atomic E-state index is 0.178. The molecule has 0 saturated heterocycles. The number of hydrazine groups is 1. The summed E-state index contributed by atoms with van der Waals surface area (Å²) < 4.78 is 0. The van der Waals surface area contributed by atoms with E-state index < -0.39 is 0 Å². The van der Waals surface area contributed by atoms with E-state index in [1.807, 2.05) is 20.8 Å². The molecule has 7 heteroatoms. The SMILES string of the molecule is CC(C)(C)c1cc(C(=O)NCc2ncc[nH]2)cc(NN)n1. The van der Waals surface area contributed by atoms with Crippen LogP contribution in [0.15, 0.2) is 24.5 Å². The maximum absolute atomic E-state index is 12.2. The first kappa shape index (κ1) is 15.0. The molecule has 2 aromatic rings. The number of rotatable bonds is 4. The van der Waals surface area contributed by atoms with Gasteiger partial charge in [0, 0.05) is 29.1 Å². The predicted molar refractivity (Wildman–Crippen MR) is 80.5 cm³/mol. The molecule has 1 amide bonds. The van der Waals surface area contributed by atoms with Crippen LogP contribution in [0, 0.1) is 0 Å². The number of pyridine rings is 1. The molecule has 2 heterocycles. The maximum Gasteiger partial charge on any atom is 0.251 e. The molecule has 0 fully saturated rings. The van der Waals surface area contributed by atoms with Gasteiger partial charge in [0.25, 0.3) is 5.91 Å². The lowest BCUT2D eigenvalue weighted by atomic mass is 9.90. The van der Waals surface area contributed by atoms with Crippen LogP contribution in [0.5, 0.6) is 0 Å². The van der Waals surface area contributed by atoms with Gasteiger partial charge in [0.2, 0.25) is 0 Å². The van der Waals surface area contributed by atoms with Crippen molar-refractivity contribution in [2.75, 3.05) is 5.43 Å². The fourth-order valence-corrected chi connectivity index (χ4v) is 1.78. The van der Waals surface area contributed by atoms with E-state index in [0.29, 0.717) is 23.8 Å². The summed E-state index contributed by atoms with van der Waals surface area (Å²) in [5, 5.41) is 2.80. The zero-order valence-electron chi connectivity index (χ0n) is 12.4. The molecule has 21 heavy (non-hydrogen) atoms. The lowest BCUT2D eigenvalue weighted by Gasteiger charge is -2.19. The second-order valence-corrected chi connectivity index (χ2v) is 5.74. The van der Waals surface area contributed by atoms with Crippen LogP contribution < -0.4 is 16.6 Å². The van der Waals surface area contributed by atoms with Crippen molar-refractivity contribution in [2.24, 2.45) is 5.84 Å². The lowest BCUT2D eigenvalue weighted by Crippen LogP contribution is -2.25. The van der Waals surface area contributed by atoms with Gasteiger partial charge in [-0.05, 0) is 12.1 Å². The Morgan fingerprint density at radius 3 is 2.71 bits per heavy atom. The Kier molecular flexibility index (Phi) is 4.23. The summed E-state index contributed by atoms with van der Waals surface area (Å²) in [5.41, 5.74) is 3.62. The van der Waals surface area contributed by atoms with Crippen molar-refractivity contribution in [1.82, 2.24) is 20.3 Å². The van der Waals surface area contributed by atoms with Gasteiger partial charge in [-0.3, -0.25) is 4.79 Å². The van der Waals surface area contributed by atoms with Crippen LogP contribution in [0.1, 0.15) is 42.6 Å². The molecular formula is C14H20N6O. The quantitative estimate of drug-likeness (QED) is 0.501. The van der Waals surface area contributed by atoms with Crippen LogP contribution in [-0.2, 0) is 12.0 Å². The first-order chi connectivity index (χ1) is 9.90. The van der Waals surface area contributed by atoms with E-state index in [-0.39, 0.29) is 11.3 Å². The van der Waals surface area contributed by atoms with Crippen molar-refractivity contribution in [3.8, 4) is 0 Å². The number of nitrogens with two attached hydrogens (primary N) is 1. The van der Waals surface area contributed by atoms with Gasteiger partial charge in [-0.2, -0.15) is 0 Å². The maximum atomic E-state index is 12.2. The molecule has 112 valence electrons. The van der Waals surface area contributed by atoms with Gasteiger partial charge in [-0.1, -0.05) is 20.8 Å². The molecule has 0 aromatic carbocycles. The highest BCUT2D eigenvalue weighted by atomic mass is 16.1. The Morgan fingerprint density at radius 2 is 2.14 bits per heavy atom. The van der Waals surface area contributed by atoms with Crippen molar-refractivity contribution >= 4 is 11.7 Å². The number of aromatic nitrogens is 3.